The van der Waals surface area contributed by atoms with Crippen LogP contribution in [-0.2, 0) is 33.2 Å². The van der Waals surface area contributed by atoms with Gasteiger partial charge in [-0.1, -0.05) is 32.9 Å². The van der Waals surface area contributed by atoms with Crippen LogP contribution in [0.25, 0.3) is 0 Å². The number of ether oxygens (including phenoxy) is 6. The van der Waals surface area contributed by atoms with Gasteiger partial charge in [0.05, 0.1) is 53.4 Å². The van der Waals surface area contributed by atoms with Gasteiger partial charge >= 0.3 is 5.97 Å². The molecule has 18 atom stereocenters. The number of carbonyl (C=O) groups excluding carboxylic acids is 1. The Morgan fingerprint density at radius 1 is 0.941 bits per heavy atom. The van der Waals surface area contributed by atoms with Gasteiger partial charge in [0, 0.05) is 37.3 Å². The van der Waals surface area contributed by atoms with Gasteiger partial charge in [-0.05, 0) is 67.9 Å². The topological polar surface area (TPSA) is 218 Å². The molecule has 0 radical (unpaired) electrons. The van der Waals surface area contributed by atoms with Crippen molar-refractivity contribution < 1.29 is 64.0 Å². The molecule has 3 heterocycles. The molecule has 3 rings (SSSR count). The molecule has 15 heteroatoms. The summed E-state index contributed by atoms with van der Waals surface area (Å²) in [5, 5.41) is 74.5. The highest BCUT2D eigenvalue weighted by Gasteiger charge is 2.53. The lowest BCUT2D eigenvalue weighted by molar-refractivity contribution is -0.315. The number of esters is 1. The van der Waals surface area contributed by atoms with E-state index in [-0.39, 0.29) is 37.1 Å². The van der Waals surface area contributed by atoms with Crippen LogP contribution in [0.5, 0.6) is 0 Å². The van der Waals surface area contributed by atoms with Crippen molar-refractivity contribution in [3.8, 4) is 0 Å². The van der Waals surface area contributed by atoms with Gasteiger partial charge in [-0.3, -0.25) is 4.79 Å². The average molecular weight is 735 g/mol. The fourth-order valence-corrected chi connectivity index (χ4v) is 8.41. The molecule has 15 nitrogen and oxygen atoms in total. The minimum Gasteiger partial charge on any atom is -0.459 e. The molecule has 3 fully saturated rings. The van der Waals surface area contributed by atoms with Gasteiger partial charge in [-0.25, -0.2) is 0 Å². The van der Waals surface area contributed by atoms with E-state index in [2.05, 4.69) is 10.5 Å². The average Bonchev–Trinajstić information content (AvgIpc) is 3.06. The number of aliphatic hydroxyl groups excluding tert-OH is 3. The largest absolute Gasteiger partial charge is 0.459 e. The molecular formula is C36H66N2O13. The monoisotopic (exact) mass is 734 g/mol. The molecule has 3 aliphatic rings. The first-order valence-electron chi connectivity index (χ1n) is 18.3. The van der Waals surface area contributed by atoms with E-state index in [0.717, 1.165) is 0 Å². The number of nitrogens with one attached hydrogen (secondary N) is 1. The number of hydrogen-bond donors (Lipinski definition) is 7. The van der Waals surface area contributed by atoms with Crippen molar-refractivity contribution in [1.82, 2.24) is 5.32 Å². The first-order chi connectivity index (χ1) is 23.6. The molecule has 7 N–H and O–H groups in total. The molecule has 0 saturated carbocycles. The summed E-state index contributed by atoms with van der Waals surface area (Å²) in [4.78, 5) is 14.1. The summed E-state index contributed by atoms with van der Waals surface area (Å²) in [6, 6.07) is -0.373. The van der Waals surface area contributed by atoms with Gasteiger partial charge in [0.1, 0.15) is 23.9 Å². The Bertz CT molecular complexity index is 1170. The van der Waals surface area contributed by atoms with Crippen molar-refractivity contribution in [3.63, 3.8) is 0 Å². The molecular weight excluding hydrogens is 668 g/mol. The summed E-state index contributed by atoms with van der Waals surface area (Å²) in [5.74, 6) is -4.24. The summed E-state index contributed by atoms with van der Waals surface area (Å²) < 4.78 is 37.0. The van der Waals surface area contributed by atoms with Crippen molar-refractivity contribution in [1.29, 1.82) is 0 Å². The Morgan fingerprint density at radius 3 is 2.12 bits per heavy atom. The molecule has 0 bridgehead atoms. The Balaban J connectivity index is 2.20. The van der Waals surface area contributed by atoms with Crippen molar-refractivity contribution in [2.24, 2.45) is 28.8 Å². The molecule has 0 aromatic rings. The number of likely N-dealkylation sites (N-methyl/N-ethyl adjacent to an activating group) is 1. The number of methoxy groups -OCH3 is 1. The van der Waals surface area contributed by atoms with Crippen LogP contribution in [-0.4, -0.2) is 141 Å². The zero-order valence-electron chi connectivity index (χ0n) is 32.5. The number of aliphatic hydroxyl groups is 5. The van der Waals surface area contributed by atoms with Gasteiger partial charge < -0.3 is 64.5 Å². The second-order valence-electron chi connectivity index (χ2n) is 16.0. The summed E-state index contributed by atoms with van der Waals surface area (Å²) in [6.45, 7) is 16.6. The van der Waals surface area contributed by atoms with E-state index < -0.39 is 102 Å². The maximum absolute atomic E-state index is 14.1. The third-order valence-electron chi connectivity index (χ3n) is 11.7. The van der Waals surface area contributed by atoms with Crippen LogP contribution in [0.4, 0.5) is 0 Å². The smallest absolute Gasteiger partial charge is 0.311 e. The molecule has 3 aliphatic heterocycles. The molecule has 51 heavy (non-hydrogen) atoms. The van der Waals surface area contributed by atoms with Crippen LogP contribution < -0.4 is 5.32 Å². The molecule has 0 amide bonds. The molecule has 0 aromatic carbocycles. The first kappa shape index (κ1) is 43.9. The van der Waals surface area contributed by atoms with Crippen LogP contribution in [0.15, 0.2) is 5.16 Å². The van der Waals surface area contributed by atoms with E-state index in [0.29, 0.717) is 6.42 Å². The Morgan fingerprint density at radius 2 is 1.57 bits per heavy atom. The zero-order chi connectivity index (χ0) is 38.8. The Hall–Kier alpha value is -1.50. The maximum atomic E-state index is 14.1. The van der Waals surface area contributed by atoms with Crippen LogP contribution in [0.3, 0.4) is 0 Å². The zero-order valence-corrected chi connectivity index (χ0v) is 32.5. The lowest BCUT2D eigenvalue weighted by atomic mass is 9.73. The Kier molecular flexibility index (Phi) is 14.9. The highest BCUT2D eigenvalue weighted by Crippen LogP contribution is 2.40. The lowest BCUT2D eigenvalue weighted by Gasteiger charge is -2.49. The van der Waals surface area contributed by atoms with Gasteiger partial charge in [0.2, 0.25) is 0 Å². The summed E-state index contributed by atoms with van der Waals surface area (Å²) in [5.41, 5.74) is -4.67. The second-order valence-corrected chi connectivity index (χ2v) is 16.0. The van der Waals surface area contributed by atoms with Crippen LogP contribution in [0.2, 0.25) is 0 Å². The van der Waals surface area contributed by atoms with Gasteiger partial charge in [0.15, 0.2) is 12.6 Å². The highest BCUT2D eigenvalue weighted by molar-refractivity contribution is 5.88. The van der Waals surface area contributed by atoms with Crippen LogP contribution in [0.1, 0.15) is 94.9 Å². The number of oxime groups is 1. The number of cyclic esters (lactones) is 1. The second kappa shape index (κ2) is 17.3. The summed E-state index contributed by atoms with van der Waals surface area (Å²) >= 11 is 0. The van der Waals surface area contributed by atoms with E-state index in [9.17, 15) is 35.5 Å². The minimum atomic E-state index is -1.97. The third kappa shape index (κ3) is 9.42. The standard InChI is InChI=1S/C36H66N2O13/c1-13-24-36(10,44)29(40)19(4)26(38-45)17(2)15-34(8,43)31(51-33-27(39)23(37-11)14-18(3)47-33)20(5)28(21(6)32(42)49-24)50-25-16-35(9,46-12)30(41)22(7)48-25/h17-25,27-31,33,37,39-41,43-45H,13-16H2,1-12H3/b38-26+/t17-,18+,19+,20-,21+,22-,23?,24+,25+,27-,28-,29-,30+,31-,33-,34+,35?,36?/m0/s1. The fraction of sp³-hybridized carbons (Fsp3) is 0.944. The quantitative estimate of drug-likeness (QED) is 0.113. The maximum Gasteiger partial charge on any atom is 0.311 e. The summed E-state index contributed by atoms with van der Waals surface area (Å²) in [6.07, 6.45) is -9.56. The van der Waals surface area contributed by atoms with E-state index in [1.165, 1.54) is 14.0 Å². The van der Waals surface area contributed by atoms with Crippen molar-refractivity contribution in [2.45, 2.75) is 179 Å². The van der Waals surface area contributed by atoms with Gasteiger partial charge in [-0.2, -0.15) is 0 Å². The predicted molar refractivity (Wildman–Crippen MR) is 186 cm³/mol. The van der Waals surface area contributed by atoms with E-state index in [4.69, 9.17) is 28.4 Å². The molecule has 0 spiro atoms. The van der Waals surface area contributed by atoms with Crippen LogP contribution >= 0.6 is 0 Å². The number of carbonyl (C=O) groups is 1. The normalized spacial score (nSPS) is 50.4. The molecule has 3 unspecified atom stereocenters. The van der Waals surface area contributed by atoms with Crippen molar-refractivity contribution in [3.05, 3.63) is 0 Å². The molecule has 3 saturated heterocycles. The molecule has 0 aliphatic carbocycles. The SMILES string of the molecule is CC[C@H]1OC(=O)[C@H](C)[C@@H](O[C@@H]2CC(C)(OC)[C@H](O)[C@H](C)O2)[C@H](C)[C@H](O[C@@H]2O[C@H](C)CC(NC)[C@@H]2O)[C@](C)(O)C[C@H](C)/C(=N\O)[C@@H](C)[C@H](O)C1(C)O. The van der Waals surface area contributed by atoms with Crippen LogP contribution in [0, 0.1) is 23.7 Å². The highest BCUT2D eigenvalue weighted by atomic mass is 16.7. The van der Waals surface area contributed by atoms with E-state index >= 15 is 0 Å². The molecule has 0 aromatic heterocycles. The van der Waals surface area contributed by atoms with Gasteiger partial charge in [-0.15, -0.1) is 0 Å². The number of nitrogens with zero attached hydrogens (tertiary/aromatic N) is 1. The first-order valence-corrected chi connectivity index (χ1v) is 18.3. The number of rotatable bonds is 7. The minimum absolute atomic E-state index is 0.0674. The predicted octanol–water partition coefficient (Wildman–Crippen LogP) is 1.70. The van der Waals surface area contributed by atoms with Crippen molar-refractivity contribution >= 4 is 11.7 Å². The van der Waals surface area contributed by atoms with E-state index in [1.807, 2.05) is 6.92 Å². The van der Waals surface area contributed by atoms with Gasteiger partial charge in [0.25, 0.3) is 0 Å². The lowest BCUT2D eigenvalue weighted by Crippen LogP contribution is -2.61. The third-order valence-corrected chi connectivity index (χ3v) is 11.7. The Labute approximate surface area is 303 Å². The molecule has 298 valence electrons. The number of hydrogen-bond acceptors (Lipinski definition) is 15. The van der Waals surface area contributed by atoms with Crippen molar-refractivity contribution in [2.75, 3.05) is 14.2 Å². The fourth-order valence-electron chi connectivity index (χ4n) is 8.41. The summed E-state index contributed by atoms with van der Waals surface area (Å²) in [7, 11) is 3.21. The van der Waals surface area contributed by atoms with E-state index in [1.54, 1.807) is 62.4 Å².